The standard InChI is InChI=1S/C16H18F3N7/c1-24-13(21-15(23-24)25-8-2-3-9-25)7-5-12-20-14-6-4-11(16(17,18)19)10-26(14)22-12/h4,6,10H,2-3,5,7-9H2,1H3/p+1. The Morgan fingerprint density at radius 2 is 1.92 bits per heavy atom. The minimum Gasteiger partial charge on any atom is -0.340 e. The summed E-state index contributed by atoms with van der Waals surface area (Å²) in [5.74, 6) is 2.18. The van der Waals surface area contributed by atoms with Gasteiger partial charge in [-0.3, -0.25) is 4.68 Å². The highest BCUT2D eigenvalue weighted by Crippen LogP contribution is 2.28. The molecule has 3 aromatic heterocycles. The van der Waals surface area contributed by atoms with Crippen molar-refractivity contribution < 1.29 is 17.7 Å². The van der Waals surface area contributed by atoms with E-state index in [1.54, 1.807) is 4.68 Å². The number of hydrogen-bond acceptors (Lipinski definition) is 4. The van der Waals surface area contributed by atoms with E-state index in [0.717, 1.165) is 50.0 Å². The lowest BCUT2D eigenvalue weighted by Gasteiger charge is -2.10. The van der Waals surface area contributed by atoms with Crippen molar-refractivity contribution in [2.75, 3.05) is 18.0 Å². The van der Waals surface area contributed by atoms with E-state index in [-0.39, 0.29) is 0 Å². The molecule has 1 saturated heterocycles. The molecule has 0 amide bonds. The summed E-state index contributed by atoms with van der Waals surface area (Å²) in [6.45, 7) is 1.95. The first-order valence-electron chi connectivity index (χ1n) is 8.52. The van der Waals surface area contributed by atoms with Gasteiger partial charge in [0.2, 0.25) is 5.95 Å². The SMILES string of the molecule is Cn1nc(N2CCCC2)nc1CCc1nc2ccc(C(F)(F)F)c[n+]2[nH]1. The van der Waals surface area contributed by atoms with Crippen LogP contribution in [0.2, 0.25) is 0 Å². The van der Waals surface area contributed by atoms with Crippen LogP contribution in [0, 0.1) is 0 Å². The minimum atomic E-state index is -4.38. The molecule has 0 atom stereocenters. The van der Waals surface area contributed by atoms with E-state index in [2.05, 4.69) is 25.1 Å². The van der Waals surface area contributed by atoms with Gasteiger partial charge < -0.3 is 4.90 Å². The van der Waals surface area contributed by atoms with Gasteiger partial charge in [-0.15, -0.1) is 9.61 Å². The molecule has 7 nitrogen and oxygen atoms in total. The topological polar surface area (TPSA) is 66.7 Å². The van der Waals surface area contributed by atoms with Crippen molar-refractivity contribution in [3.05, 3.63) is 35.5 Å². The molecule has 0 radical (unpaired) electrons. The molecule has 0 aromatic carbocycles. The van der Waals surface area contributed by atoms with Gasteiger partial charge in [-0.05, 0) is 23.9 Å². The largest absolute Gasteiger partial charge is 0.419 e. The van der Waals surface area contributed by atoms with Gasteiger partial charge in [0.25, 0.3) is 5.82 Å². The summed E-state index contributed by atoms with van der Waals surface area (Å²) in [7, 11) is 1.85. The summed E-state index contributed by atoms with van der Waals surface area (Å²) >= 11 is 0. The van der Waals surface area contributed by atoms with Gasteiger partial charge >= 0.3 is 11.8 Å². The van der Waals surface area contributed by atoms with E-state index < -0.39 is 11.7 Å². The summed E-state index contributed by atoms with van der Waals surface area (Å²) in [5, 5.41) is 7.35. The van der Waals surface area contributed by atoms with Crippen molar-refractivity contribution in [2.24, 2.45) is 7.05 Å². The Hall–Kier alpha value is -2.65. The molecule has 1 fully saturated rings. The molecule has 138 valence electrons. The molecule has 3 aromatic rings. The molecule has 4 heterocycles. The summed E-state index contributed by atoms with van der Waals surface area (Å²) in [4.78, 5) is 11.1. The normalized spacial score (nSPS) is 15.3. The summed E-state index contributed by atoms with van der Waals surface area (Å²) in [6.07, 6.45) is 0.0863. The van der Waals surface area contributed by atoms with Gasteiger partial charge in [-0.1, -0.05) is 0 Å². The lowest BCUT2D eigenvalue weighted by atomic mass is 10.3. The number of nitrogens with zero attached hydrogens (tertiary/aromatic N) is 6. The minimum absolute atomic E-state index is 0.448. The van der Waals surface area contributed by atoms with Crippen molar-refractivity contribution in [3.8, 4) is 0 Å². The maximum atomic E-state index is 12.8. The van der Waals surface area contributed by atoms with Gasteiger partial charge in [0, 0.05) is 39.0 Å². The molecule has 26 heavy (non-hydrogen) atoms. The first kappa shape index (κ1) is 16.8. The number of anilines is 1. The number of aromatic nitrogens is 6. The van der Waals surface area contributed by atoms with Gasteiger partial charge in [0.05, 0.1) is 5.56 Å². The number of H-pyrrole nitrogens is 1. The monoisotopic (exact) mass is 366 g/mol. The Bertz CT molecular complexity index is 922. The highest BCUT2D eigenvalue weighted by Gasteiger charge is 2.32. The van der Waals surface area contributed by atoms with Crippen LogP contribution >= 0.6 is 0 Å². The van der Waals surface area contributed by atoms with Crippen molar-refractivity contribution >= 4 is 11.6 Å². The Labute approximate surface area is 147 Å². The molecule has 0 saturated carbocycles. The van der Waals surface area contributed by atoms with Crippen LogP contribution in [0.1, 0.15) is 30.1 Å². The fourth-order valence-electron chi connectivity index (χ4n) is 3.16. The van der Waals surface area contributed by atoms with Crippen molar-refractivity contribution in [2.45, 2.75) is 31.9 Å². The van der Waals surface area contributed by atoms with Crippen LogP contribution in [0.25, 0.3) is 5.65 Å². The lowest BCUT2D eigenvalue weighted by molar-refractivity contribution is -0.579. The zero-order chi connectivity index (χ0) is 18.3. The number of halogens is 3. The molecule has 1 N–H and O–H groups in total. The van der Waals surface area contributed by atoms with Gasteiger partial charge in [0.1, 0.15) is 12.0 Å². The second-order valence-electron chi connectivity index (χ2n) is 6.46. The van der Waals surface area contributed by atoms with E-state index in [1.807, 2.05) is 7.05 Å². The number of fused-ring (bicyclic) bond motifs is 1. The predicted octanol–water partition coefficient (Wildman–Crippen LogP) is 1.68. The third-order valence-electron chi connectivity index (χ3n) is 4.57. The summed E-state index contributed by atoms with van der Waals surface area (Å²) in [6, 6.07) is 2.39. The second kappa shape index (κ2) is 6.26. The number of alkyl halides is 3. The van der Waals surface area contributed by atoms with E-state index in [9.17, 15) is 13.2 Å². The van der Waals surface area contributed by atoms with Crippen LogP contribution in [0.3, 0.4) is 0 Å². The molecule has 1 aliphatic heterocycles. The van der Waals surface area contributed by atoms with E-state index in [0.29, 0.717) is 24.3 Å². The number of nitrogens with one attached hydrogen (secondary N) is 1. The van der Waals surface area contributed by atoms with Gasteiger partial charge in [-0.25, -0.2) is 0 Å². The molecule has 10 heteroatoms. The van der Waals surface area contributed by atoms with Crippen LogP contribution in [0.15, 0.2) is 18.3 Å². The number of rotatable bonds is 4. The van der Waals surface area contributed by atoms with Crippen LogP contribution < -0.4 is 9.42 Å². The molecular weight excluding hydrogens is 347 g/mol. The smallest absolute Gasteiger partial charge is 0.340 e. The quantitative estimate of drug-likeness (QED) is 0.714. The van der Waals surface area contributed by atoms with Gasteiger partial charge in [0.15, 0.2) is 0 Å². The maximum Gasteiger partial charge on any atom is 0.419 e. The highest BCUT2D eigenvalue weighted by atomic mass is 19.4. The zero-order valence-corrected chi connectivity index (χ0v) is 14.3. The van der Waals surface area contributed by atoms with Gasteiger partial charge in [-0.2, -0.15) is 23.3 Å². The Morgan fingerprint density at radius 3 is 2.65 bits per heavy atom. The Kier molecular flexibility index (Phi) is 4.04. The fourth-order valence-corrected chi connectivity index (χ4v) is 3.16. The fraction of sp³-hybridized carbons (Fsp3) is 0.500. The molecule has 0 bridgehead atoms. The van der Waals surface area contributed by atoms with E-state index >= 15 is 0 Å². The molecule has 0 unspecified atom stereocenters. The van der Waals surface area contributed by atoms with Crippen LogP contribution in [0.5, 0.6) is 0 Å². The molecule has 4 rings (SSSR count). The summed E-state index contributed by atoms with van der Waals surface area (Å²) < 4.78 is 41.4. The maximum absolute atomic E-state index is 12.8. The highest BCUT2D eigenvalue weighted by molar-refractivity contribution is 5.32. The predicted molar refractivity (Wildman–Crippen MR) is 86.6 cm³/mol. The van der Waals surface area contributed by atoms with Crippen LogP contribution in [-0.2, 0) is 26.1 Å². The first-order chi connectivity index (χ1) is 12.4. The molecule has 0 aliphatic carbocycles. The third-order valence-corrected chi connectivity index (χ3v) is 4.57. The Balaban J connectivity index is 1.49. The average Bonchev–Trinajstić information content (AvgIpc) is 3.30. The number of aryl methyl sites for hydroxylation is 3. The number of aromatic amines is 1. The Morgan fingerprint density at radius 1 is 1.15 bits per heavy atom. The first-order valence-corrected chi connectivity index (χ1v) is 8.52. The van der Waals surface area contributed by atoms with Crippen molar-refractivity contribution in [1.82, 2.24) is 24.8 Å². The van der Waals surface area contributed by atoms with Crippen LogP contribution in [0.4, 0.5) is 19.1 Å². The van der Waals surface area contributed by atoms with Crippen LogP contribution in [-0.4, -0.2) is 37.9 Å². The summed E-state index contributed by atoms with van der Waals surface area (Å²) in [5.41, 5.74) is -0.266. The average molecular weight is 366 g/mol. The van der Waals surface area contributed by atoms with Crippen molar-refractivity contribution in [3.63, 3.8) is 0 Å². The zero-order valence-electron chi connectivity index (χ0n) is 14.3. The van der Waals surface area contributed by atoms with E-state index in [1.165, 1.54) is 10.6 Å². The number of pyridine rings is 1. The second-order valence-corrected chi connectivity index (χ2v) is 6.46. The molecular formula is C16H19F3N7+. The third kappa shape index (κ3) is 3.23. The number of hydrogen-bond donors (Lipinski definition) is 1. The molecule has 0 spiro atoms. The lowest BCUT2D eigenvalue weighted by Crippen LogP contribution is -2.25. The molecule has 1 aliphatic rings. The van der Waals surface area contributed by atoms with Crippen molar-refractivity contribution in [1.29, 1.82) is 0 Å². The van der Waals surface area contributed by atoms with E-state index in [4.69, 9.17) is 0 Å².